The third-order valence-corrected chi connectivity index (χ3v) is 5.71. The molecule has 3 heterocycles. The molecule has 0 unspecified atom stereocenters. The first-order valence-corrected chi connectivity index (χ1v) is 9.93. The van der Waals surface area contributed by atoms with Gasteiger partial charge >= 0.3 is 0 Å². The zero-order valence-corrected chi connectivity index (χ0v) is 16.4. The van der Waals surface area contributed by atoms with E-state index in [0.717, 1.165) is 10.4 Å². The average Bonchev–Trinajstić information content (AvgIpc) is 3.19. The molecule has 1 aliphatic heterocycles. The summed E-state index contributed by atoms with van der Waals surface area (Å²) in [4.78, 5) is 31.9. The van der Waals surface area contributed by atoms with Crippen molar-refractivity contribution in [2.45, 2.75) is 0 Å². The summed E-state index contributed by atoms with van der Waals surface area (Å²) in [5.74, 6) is 0.519. The summed E-state index contributed by atoms with van der Waals surface area (Å²) in [7, 11) is 0. The first kappa shape index (κ1) is 18.5. The van der Waals surface area contributed by atoms with Crippen molar-refractivity contribution in [3.05, 3.63) is 64.6 Å². The number of aromatic nitrogens is 1. The van der Waals surface area contributed by atoms with Crippen LogP contribution in [0.1, 0.15) is 9.67 Å². The van der Waals surface area contributed by atoms with E-state index in [9.17, 15) is 9.59 Å². The molecule has 1 aromatic carbocycles. The lowest BCUT2D eigenvalue weighted by Gasteiger charge is -2.27. The summed E-state index contributed by atoms with van der Waals surface area (Å²) in [6.45, 7) is 1.61. The quantitative estimate of drug-likeness (QED) is 0.686. The molecule has 2 N–H and O–H groups in total. The van der Waals surface area contributed by atoms with Gasteiger partial charge in [0.25, 0.3) is 5.91 Å². The number of piperazine rings is 1. The number of pyridine rings is 1. The minimum absolute atomic E-state index is 0.0142. The Labute approximate surface area is 171 Å². The maximum absolute atomic E-state index is 12.5. The third-order valence-electron chi connectivity index (χ3n) is 4.33. The molecule has 0 spiro atoms. The van der Waals surface area contributed by atoms with Crippen molar-refractivity contribution in [2.75, 3.05) is 29.9 Å². The lowest BCUT2D eigenvalue weighted by molar-refractivity contribution is -0.120. The highest BCUT2D eigenvalue weighted by Gasteiger charge is 2.17. The van der Waals surface area contributed by atoms with Crippen LogP contribution >= 0.6 is 22.9 Å². The monoisotopic (exact) mass is 412 g/mol. The Bertz CT molecular complexity index is 1000. The van der Waals surface area contributed by atoms with Gasteiger partial charge in [-0.05, 0) is 42.0 Å². The van der Waals surface area contributed by atoms with E-state index in [2.05, 4.69) is 15.6 Å². The van der Waals surface area contributed by atoms with Gasteiger partial charge in [0.05, 0.1) is 23.3 Å². The minimum atomic E-state index is -0.183. The smallest absolute Gasteiger partial charge is 0.265 e. The molecule has 1 fully saturated rings. The Kier molecular flexibility index (Phi) is 5.27. The Balaban J connectivity index is 1.42. The van der Waals surface area contributed by atoms with Crippen molar-refractivity contribution < 1.29 is 9.59 Å². The fourth-order valence-corrected chi connectivity index (χ4v) is 3.94. The Hall–Kier alpha value is -2.90. The lowest BCUT2D eigenvalue weighted by atomic mass is 10.2. The predicted octanol–water partition coefficient (Wildman–Crippen LogP) is 3.65. The van der Waals surface area contributed by atoms with Crippen LogP contribution < -0.4 is 15.5 Å². The van der Waals surface area contributed by atoms with Crippen molar-refractivity contribution in [2.24, 2.45) is 0 Å². The Morgan fingerprint density at radius 1 is 1.14 bits per heavy atom. The van der Waals surface area contributed by atoms with Crippen LogP contribution in [0, 0.1) is 0 Å². The van der Waals surface area contributed by atoms with E-state index in [4.69, 9.17) is 11.6 Å². The maximum Gasteiger partial charge on any atom is 0.265 e. The summed E-state index contributed by atoms with van der Waals surface area (Å²) < 4.78 is 0. The fourth-order valence-electron chi connectivity index (χ4n) is 2.90. The molecule has 0 aliphatic carbocycles. The van der Waals surface area contributed by atoms with Crippen molar-refractivity contribution in [1.29, 1.82) is 0 Å². The van der Waals surface area contributed by atoms with Gasteiger partial charge < -0.3 is 15.5 Å². The van der Waals surface area contributed by atoms with Crippen LogP contribution in [0.3, 0.4) is 0 Å². The third kappa shape index (κ3) is 4.16. The van der Waals surface area contributed by atoms with Crippen LogP contribution in [-0.2, 0) is 4.79 Å². The molecular weight excluding hydrogens is 396 g/mol. The van der Waals surface area contributed by atoms with Gasteiger partial charge in [-0.25, -0.2) is 4.98 Å². The number of hydrogen-bond donors (Lipinski definition) is 2. The molecule has 2 aromatic heterocycles. The molecule has 3 aromatic rings. The van der Waals surface area contributed by atoms with E-state index in [0.29, 0.717) is 41.0 Å². The van der Waals surface area contributed by atoms with Crippen molar-refractivity contribution in [1.82, 2.24) is 10.3 Å². The second kappa shape index (κ2) is 8.00. The number of carbonyl (C=O) groups is 2. The largest absolute Gasteiger partial charge is 0.353 e. The van der Waals surface area contributed by atoms with Gasteiger partial charge in [-0.3, -0.25) is 9.59 Å². The molecule has 1 aliphatic rings. The van der Waals surface area contributed by atoms with Crippen LogP contribution in [0.5, 0.6) is 0 Å². The van der Waals surface area contributed by atoms with Crippen LogP contribution in [0.25, 0.3) is 10.4 Å². The van der Waals surface area contributed by atoms with Crippen LogP contribution in [0.4, 0.5) is 11.5 Å². The first-order valence-electron chi connectivity index (χ1n) is 8.73. The normalized spacial score (nSPS) is 13.9. The van der Waals surface area contributed by atoms with E-state index in [1.165, 1.54) is 11.3 Å². The Morgan fingerprint density at radius 2 is 1.96 bits per heavy atom. The molecule has 4 rings (SSSR count). The summed E-state index contributed by atoms with van der Waals surface area (Å²) >= 11 is 7.34. The molecule has 142 valence electrons. The van der Waals surface area contributed by atoms with Gasteiger partial charge in [0, 0.05) is 23.0 Å². The number of thiophene rings is 1. The number of nitrogens with one attached hydrogen (secondary N) is 2. The van der Waals surface area contributed by atoms with E-state index in [1.807, 2.05) is 41.3 Å². The predicted molar refractivity (Wildman–Crippen MR) is 112 cm³/mol. The van der Waals surface area contributed by atoms with Gasteiger partial charge in [-0.2, -0.15) is 0 Å². The summed E-state index contributed by atoms with van der Waals surface area (Å²) in [6.07, 6.45) is 1.60. The van der Waals surface area contributed by atoms with Gasteiger partial charge in [0.2, 0.25) is 5.91 Å². The first-order chi connectivity index (χ1) is 13.6. The van der Waals surface area contributed by atoms with Crippen molar-refractivity contribution in [3.8, 4) is 10.4 Å². The van der Waals surface area contributed by atoms with Crippen molar-refractivity contribution in [3.63, 3.8) is 0 Å². The molecular formula is C20H17ClN4O2S. The average molecular weight is 413 g/mol. The van der Waals surface area contributed by atoms with E-state index >= 15 is 0 Å². The zero-order chi connectivity index (χ0) is 19.5. The highest BCUT2D eigenvalue weighted by molar-refractivity contribution is 7.17. The minimum Gasteiger partial charge on any atom is -0.353 e. The standard InChI is InChI=1S/C20H17ClN4O2S/c21-14-3-1-13(2-4-14)16-6-7-17(28-16)20(27)24-15-5-8-18(23-11-15)25-10-9-22-19(26)12-25/h1-8,11H,9-10,12H2,(H,22,26)(H,24,27). The lowest BCUT2D eigenvalue weighted by Crippen LogP contribution is -2.48. The van der Waals surface area contributed by atoms with Crippen LogP contribution in [-0.4, -0.2) is 36.4 Å². The summed E-state index contributed by atoms with van der Waals surface area (Å²) in [5.41, 5.74) is 1.63. The van der Waals surface area contributed by atoms with E-state index < -0.39 is 0 Å². The fraction of sp³-hybridized carbons (Fsp3) is 0.150. The second-order valence-corrected chi connectivity index (χ2v) is 7.82. The van der Waals surface area contributed by atoms with E-state index in [-0.39, 0.29) is 11.8 Å². The molecule has 0 radical (unpaired) electrons. The molecule has 0 saturated carbocycles. The number of anilines is 2. The van der Waals surface area contributed by atoms with Crippen molar-refractivity contribution >= 4 is 46.3 Å². The molecule has 8 heteroatoms. The van der Waals surface area contributed by atoms with Crippen LogP contribution in [0.15, 0.2) is 54.7 Å². The van der Waals surface area contributed by atoms with Gasteiger partial charge in [-0.15, -0.1) is 11.3 Å². The number of amides is 2. The number of halogens is 1. The number of hydrogen-bond acceptors (Lipinski definition) is 5. The zero-order valence-electron chi connectivity index (χ0n) is 14.8. The number of rotatable bonds is 4. The molecule has 2 amide bonds. The SMILES string of the molecule is O=C1CN(c2ccc(NC(=O)c3ccc(-c4ccc(Cl)cc4)s3)cn2)CCN1. The second-order valence-electron chi connectivity index (χ2n) is 6.30. The van der Waals surface area contributed by atoms with Gasteiger partial charge in [0.1, 0.15) is 5.82 Å². The molecule has 1 saturated heterocycles. The maximum atomic E-state index is 12.5. The number of benzene rings is 1. The molecule has 0 atom stereocenters. The van der Waals surface area contributed by atoms with Crippen LogP contribution in [0.2, 0.25) is 5.02 Å². The van der Waals surface area contributed by atoms with E-state index in [1.54, 1.807) is 18.3 Å². The Morgan fingerprint density at radius 3 is 2.68 bits per heavy atom. The topological polar surface area (TPSA) is 74.3 Å². The molecule has 0 bridgehead atoms. The van der Waals surface area contributed by atoms with Gasteiger partial charge in [-0.1, -0.05) is 23.7 Å². The number of nitrogens with zero attached hydrogens (tertiary/aromatic N) is 2. The summed E-state index contributed by atoms with van der Waals surface area (Å²) in [5, 5.41) is 6.32. The number of carbonyl (C=O) groups excluding carboxylic acids is 2. The highest BCUT2D eigenvalue weighted by atomic mass is 35.5. The molecule has 6 nitrogen and oxygen atoms in total. The summed E-state index contributed by atoms with van der Waals surface area (Å²) in [6, 6.07) is 14.8. The van der Waals surface area contributed by atoms with Gasteiger partial charge in [0.15, 0.2) is 0 Å². The molecule has 28 heavy (non-hydrogen) atoms. The highest BCUT2D eigenvalue weighted by Crippen LogP contribution is 2.29.